The summed E-state index contributed by atoms with van der Waals surface area (Å²) in [5.74, 6) is -0.310. The fourth-order valence-electron chi connectivity index (χ4n) is 3.13. The second-order valence-corrected chi connectivity index (χ2v) is 5.43. The molecular formula is C14H19N3O4. The summed E-state index contributed by atoms with van der Waals surface area (Å²) in [6.45, 7) is 4.29. The first-order chi connectivity index (χ1) is 9.92. The molecule has 0 aliphatic carbocycles. The molecule has 1 fully saturated rings. The molecule has 1 aliphatic rings. The monoisotopic (exact) mass is 293 g/mol. The van der Waals surface area contributed by atoms with E-state index in [0.29, 0.717) is 30.8 Å². The van der Waals surface area contributed by atoms with Crippen molar-refractivity contribution in [3.05, 3.63) is 27.9 Å². The quantitative estimate of drug-likeness (QED) is 0.662. The third-order valence-electron chi connectivity index (χ3n) is 4.05. The maximum Gasteiger partial charge on any atom is 0.329 e. The average molecular weight is 293 g/mol. The number of aryl methyl sites for hydroxylation is 1. The number of aliphatic carboxylic acids is 1. The Morgan fingerprint density at radius 2 is 2.33 bits per heavy atom. The van der Waals surface area contributed by atoms with Gasteiger partial charge in [-0.05, 0) is 31.7 Å². The minimum Gasteiger partial charge on any atom is -0.479 e. The molecule has 0 spiro atoms. The Morgan fingerprint density at radius 3 is 2.86 bits per heavy atom. The molecule has 0 bridgehead atoms. The van der Waals surface area contributed by atoms with Crippen LogP contribution in [0, 0.1) is 17.0 Å². The number of carboxylic acid groups (broad SMARTS) is 1. The number of carboxylic acids is 1. The summed E-state index contributed by atoms with van der Waals surface area (Å²) in [6, 6.07) is 1.44. The van der Waals surface area contributed by atoms with Crippen LogP contribution in [0.3, 0.4) is 0 Å². The van der Waals surface area contributed by atoms with E-state index in [1.807, 2.05) is 6.92 Å². The Kier molecular flexibility index (Phi) is 4.11. The third kappa shape index (κ3) is 2.55. The fourth-order valence-corrected chi connectivity index (χ4v) is 3.13. The van der Waals surface area contributed by atoms with E-state index in [1.54, 1.807) is 11.8 Å². The summed E-state index contributed by atoms with van der Waals surface area (Å²) in [7, 11) is 0. The Hall–Kier alpha value is -2.18. The van der Waals surface area contributed by atoms with Crippen LogP contribution >= 0.6 is 0 Å². The van der Waals surface area contributed by atoms with E-state index in [0.717, 1.165) is 12.8 Å². The van der Waals surface area contributed by atoms with Gasteiger partial charge in [-0.1, -0.05) is 13.3 Å². The number of hydrogen-bond donors (Lipinski definition) is 1. The van der Waals surface area contributed by atoms with Crippen LogP contribution in [0.15, 0.2) is 12.3 Å². The molecule has 1 aromatic heterocycles. The summed E-state index contributed by atoms with van der Waals surface area (Å²) in [6.07, 6.45) is 3.85. The number of nitro groups is 1. The standard InChI is InChI=1S/C14H19N3O4/c1-3-5-14(13(18)19)6-4-7-16(14)12-10(2)8-11(9-15-12)17(20)21/h8-9H,3-7H2,1-2H3,(H,18,19). The summed E-state index contributed by atoms with van der Waals surface area (Å²) >= 11 is 0. The second kappa shape index (κ2) is 5.67. The minimum atomic E-state index is -0.942. The molecular weight excluding hydrogens is 274 g/mol. The second-order valence-electron chi connectivity index (χ2n) is 5.43. The lowest BCUT2D eigenvalue weighted by molar-refractivity contribution is -0.385. The molecule has 1 unspecified atom stereocenters. The number of rotatable bonds is 5. The van der Waals surface area contributed by atoms with Gasteiger partial charge in [-0.15, -0.1) is 0 Å². The molecule has 0 amide bonds. The van der Waals surface area contributed by atoms with E-state index in [-0.39, 0.29) is 5.69 Å². The highest BCUT2D eigenvalue weighted by Gasteiger charge is 2.47. The molecule has 0 radical (unpaired) electrons. The van der Waals surface area contributed by atoms with E-state index in [9.17, 15) is 20.0 Å². The topological polar surface area (TPSA) is 96.6 Å². The molecule has 2 rings (SSSR count). The highest BCUT2D eigenvalue weighted by Crippen LogP contribution is 2.38. The molecule has 0 aromatic carbocycles. The maximum absolute atomic E-state index is 11.8. The molecule has 1 N–H and O–H groups in total. The van der Waals surface area contributed by atoms with Crippen molar-refractivity contribution in [3.63, 3.8) is 0 Å². The molecule has 7 nitrogen and oxygen atoms in total. The molecule has 114 valence electrons. The van der Waals surface area contributed by atoms with Crippen LogP contribution in [-0.2, 0) is 4.79 Å². The van der Waals surface area contributed by atoms with Crippen molar-refractivity contribution in [2.75, 3.05) is 11.4 Å². The smallest absolute Gasteiger partial charge is 0.329 e. The van der Waals surface area contributed by atoms with Gasteiger partial charge in [0.25, 0.3) is 5.69 Å². The van der Waals surface area contributed by atoms with Crippen molar-refractivity contribution in [1.82, 2.24) is 4.98 Å². The number of carbonyl (C=O) groups is 1. The van der Waals surface area contributed by atoms with E-state index < -0.39 is 16.4 Å². The van der Waals surface area contributed by atoms with Crippen molar-refractivity contribution in [3.8, 4) is 0 Å². The van der Waals surface area contributed by atoms with Crippen LogP contribution < -0.4 is 4.90 Å². The van der Waals surface area contributed by atoms with E-state index in [1.165, 1.54) is 12.3 Å². The van der Waals surface area contributed by atoms with Crippen LogP contribution in [0.2, 0.25) is 0 Å². The van der Waals surface area contributed by atoms with Gasteiger partial charge in [0, 0.05) is 12.6 Å². The summed E-state index contributed by atoms with van der Waals surface area (Å²) in [5.41, 5.74) is -0.387. The Bertz CT molecular complexity index is 575. The Morgan fingerprint density at radius 1 is 1.62 bits per heavy atom. The molecule has 1 atom stereocenters. The third-order valence-corrected chi connectivity index (χ3v) is 4.05. The average Bonchev–Trinajstić information content (AvgIpc) is 2.84. The first kappa shape index (κ1) is 15.2. The highest BCUT2D eigenvalue weighted by molar-refractivity contribution is 5.84. The number of pyridine rings is 1. The van der Waals surface area contributed by atoms with Gasteiger partial charge in [0.05, 0.1) is 4.92 Å². The lowest BCUT2D eigenvalue weighted by Crippen LogP contribution is -2.51. The molecule has 1 aliphatic heterocycles. The predicted octanol–water partition coefficient (Wildman–Crippen LogP) is 2.52. The number of hydrogen-bond acceptors (Lipinski definition) is 5. The summed E-state index contributed by atoms with van der Waals surface area (Å²) in [5, 5.41) is 20.5. The molecule has 0 saturated carbocycles. The Labute approximate surface area is 122 Å². The SMILES string of the molecule is CCCC1(C(=O)O)CCCN1c1ncc([N+](=O)[O-])cc1C. The van der Waals surface area contributed by atoms with Gasteiger partial charge in [-0.25, -0.2) is 9.78 Å². The van der Waals surface area contributed by atoms with Gasteiger partial charge < -0.3 is 10.0 Å². The van der Waals surface area contributed by atoms with Crippen LogP contribution in [0.25, 0.3) is 0 Å². The predicted molar refractivity (Wildman–Crippen MR) is 77.5 cm³/mol. The molecule has 1 saturated heterocycles. The highest BCUT2D eigenvalue weighted by atomic mass is 16.6. The zero-order valence-electron chi connectivity index (χ0n) is 12.2. The van der Waals surface area contributed by atoms with E-state index >= 15 is 0 Å². The van der Waals surface area contributed by atoms with Crippen molar-refractivity contribution < 1.29 is 14.8 Å². The van der Waals surface area contributed by atoms with Crippen LogP contribution in [0.4, 0.5) is 11.5 Å². The van der Waals surface area contributed by atoms with Crippen molar-refractivity contribution in [1.29, 1.82) is 0 Å². The van der Waals surface area contributed by atoms with Crippen LogP contribution in [0.1, 0.15) is 38.2 Å². The van der Waals surface area contributed by atoms with Gasteiger partial charge in [-0.2, -0.15) is 0 Å². The van der Waals surface area contributed by atoms with Gasteiger partial charge in [0.15, 0.2) is 0 Å². The van der Waals surface area contributed by atoms with Gasteiger partial charge in [0.2, 0.25) is 0 Å². The number of anilines is 1. The van der Waals surface area contributed by atoms with Crippen LogP contribution in [0.5, 0.6) is 0 Å². The normalized spacial score (nSPS) is 21.5. The zero-order valence-corrected chi connectivity index (χ0v) is 12.2. The molecule has 21 heavy (non-hydrogen) atoms. The first-order valence-corrected chi connectivity index (χ1v) is 7.04. The first-order valence-electron chi connectivity index (χ1n) is 7.04. The number of nitrogens with zero attached hydrogens (tertiary/aromatic N) is 3. The van der Waals surface area contributed by atoms with Crippen molar-refractivity contribution >= 4 is 17.5 Å². The van der Waals surface area contributed by atoms with Gasteiger partial charge >= 0.3 is 5.97 Å². The van der Waals surface area contributed by atoms with E-state index in [2.05, 4.69) is 4.98 Å². The lowest BCUT2D eigenvalue weighted by atomic mass is 9.90. The van der Waals surface area contributed by atoms with Crippen LogP contribution in [-0.4, -0.2) is 33.1 Å². The van der Waals surface area contributed by atoms with Gasteiger partial charge in [0.1, 0.15) is 17.6 Å². The molecule has 1 aromatic rings. The molecule has 2 heterocycles. The summed E-state index contributed by atoms with van der Waals surface area (Å²) in [4.78, 5) is 28.1. The fraction of sp³-hybridized carbons (Fsp3) is 0.571. The van der Waals surface area contributed by atoms with Gasteiger partial charge in [-0.3, -0.25) is 10.1 Å². The number of aromatic nitrogens is 1. The van der Waals surface area contributed by atoms with Crippen molar-refractivity contribution in [2.24, 2.45) is 0 Å². The maximum atomic E-state index is 11.8. The summed E-state index contributed by atoms with van der Waals surface area (Å²) < 4.78 is 0. The van der Waals surface area contributed by atoms with E-state index in [4.69, 9.17) is 0 Å². The molecule has 7 heteroatoms. The Balaban J connectivity index is 2.44. The largest absolute Gasteiger partial charge is 0.479 e. The minimum absolute atomic E-state index is 0.0770. The lowest BCUT2D eigenvalue weighted by Gasteiger charge is -2.36. The van der Waals surface area contributed by atoms with Crippen molar-refractivity contribution in [2.45, 2.75) is 45.1 Å². The zero-order chi connectivity index (χ0) is 15.6.